The highest BCUT2D eigenvalue weighted by atomic mass is 16.7. The minimum Gasteiger partial charge on any atom is -0.364 e. The highest BCUT2D eigenvalue weighted by molar-refractivity contribution is 5.89. The Bertz CT molecular complexity index is 479. The van der Waals surface area contributed by atoms with Crippen molar-refractivity contribution in [2.75, 3.05) is 13.1 Å². The smallest absolute Gasteiger partial charge is 0.357 e. The second-order valence-electron chi connectivity index (χ2n) is 5.57. The fourth-order valence-corrected chi connectivity index (χ4v) is 2.93. The predicted molar refractivity (Wildman–Crippen MR) is 69.3 cm³/mol. The Morgan fingerprint density at radius 2 is 1.74 bits per heavy atom. The zero-order chi connectivity index (χ0) is 13.3. The Morgan fingerprint density at radius 3 is 2.32 bits per heavy atom. The van der Waals surface area contributed by atoms with Crippen molar-refractivity contribution in [1.82, 2.24) is 5.06 Å². The fraction of sp³-hybridized carbons (Fsp3) is 0.467. The van der Waals surface area contributed by atoms with Gasteiger partial charge >= 0.3 is 5.97 Å². The number of hydrogen-bond acceptors (Lipinski definition) is 4. The van der Waals surface area contributed by atoms with Gasteiger partial charge in [0.1, 0.15) is 5.78 Å². The summed E-state index contributed by atoms with van der Waals surface area (Å²) in [6.45, 7) is 1.46. The molecule has 0 bridgehead atoms. The summed E-state index contributed by atoms with van der Waals surface area (Å²) in [7, 11) is 0. The molecule has 0 atom stereocenters. The maximum atomic E-state index is 11.9. The quantitative estimate of drug-likeness (QED) is 0.817. The molecule has 1 saturated carbocycles. The average molecular weight is 259 g/mol. The Kier molecular flexibility index (Phi) is 3.11. The van der Waals surface area contributed by atoms with Gasteiger partial charge in [0.2, 0.25) is 0 Å². The van der Waals surface area contributed by atoms with Crippen LogP contribution in [0.15, 0.2) is 30.3 Å². The number of hydrogen-bond donors (Lipinski definition) is 0. The molecule has 1 heterocycles. The number of carbonyl (C=O) groups excluding carboxylic acids is 2. The molecule has 1 aliphatic carbocycles. The van der Waals surface area contributed by atoms with E-state index in [2.05, 4.69) is 0 Å². The molecule has 0 unspecified atom stereocenters. The van der Waals surface area contributed by atoms with Crippen LogP contribution >= 0.6 is 0 Å². The number of hydroxylamine groups is 2. The minimum atomic E-state index is -0.304. The summed E-state index contributed by atoms with van der Waals surface area (Å²) in [5.41, 5.74) is 0.786. The molecule has 0 N–H and O–H groups in total. The third-order valence-electron chi connectivity index (χ3n) is 4.15. The van der Waals surface area contributed by atoms with Gasteiger partial charge in [-0.25, -0.2) is 4.79 Å². The van der Waals surface area contributed by atoms with Gasteiger partial charge in [-0.1, -0.05) is 18.2 Å². The van der Waals surface area contributed by atoms with Crippen LogP contribution in [0.3, 0.4) is 0 Å². The molecule has 0 radical (unpaired) electrons. The molecule has 3 rings (SSSR count). The lowest BCUT2D eigenvalue weighted by molar-refractivity contribution is -0.158. The van der Waals surface area contributed by atoms with E-state index in [4.69, 9.17) is 4.84 Å². The van der Waals surface area contributed by atoms with Crippen LogP contribution in [0.25, 0.3) is 0 Å². The Morgan fingerprint density at radius 1 is 1.11 bits per heavy atom. The molecule has 1 saturated heterocycles. The molecular weight excluding hydrogens is 242 g/mol. The molecule has 2 fully saturated rings. The topological polar surface area (TPSA) is 46.6 Å². The first kappa shape index (κ1) is 12.4. The van der Waals surface area contributed by atoms with Gasteiger partial charge in [-0.15, -0.1) is 5.06 Å². The molecule has 4 nitrogen and oxygen atoms in total. The van der Waals surface area contributed by atoms with Crippen molar-refractivity contribution in [1.29, 1.82) is 0 Å². The normalized spacial score (nSPS) is 22.0. The third-order valence-corrected chi connectivity index (χ3v) is 4.15. The zero-order valence-corrected chi connectivity index (χ0v) is 10.8. The monoisotopic (exact) mass is 259 g/mol. The van der Waals surface area contributed by atoms with Gasteiger partial charge < -0.3 is 4.84 Å². The lowest BCUT2D eigenvalue weighted by Crippen LogP contribution is -2.47. The van der Waals surface area contributed by atoms with E-state index in [1.54, 1.807) is 17.2 Å². The van der Waals surface area contributed by atoms with Crippen LogP contribution in [-0.4, -0.2) is 29.9 Å². The summed E-state index contributed by atoms with van der Waals surface area (Å²) in [4.78, 5) is 28.4. The standard InChI is InChI=1S/C15H17NO3/c17-13-10-15(11-13)6-8-16(9-7-15)19-14(18)12-4-2-1-3-5-12/h1-5H,6-11H2. The molecule has 4 heteroatoms. The van der Waals surface area contributed by atoms with Crippen LogP contribution in [0, 0.1) is 5.41 Å². The summed E-state index contributed by atoms with van der Waals surface area (Å²) in [5, 5.41) is 1.73. The first-order valence-electron chi connectivity index (χ1n) is 6.71. The van der Waals surface area contributed by atoms with E-state index in [1.165, 1.54) is 0 Å². The van der Waals surface area contributed by atoms with E-state index < -0.39 is 0 Å². The van der Waals surface area contributed by atoms with Gasteiger partial charge in [0, 0.05) is 25.9 Å². The van der Waals surface area contributed by atoms with Gasteiger partial charge in [-0.05, 0) is 30.4 Å². The molecule has 2 aliphatic rings. The number of Topliss-reactive ketones (excluding diaryl/α,β-unsaturated/α-hetero) is 1. The molecule has 0 aromatic heterocycles. The molecule has 100 valence electrons. The molecule has 0 amide bonds. The molecule has 1 aromatic carbocycles. The van der Waals surface area contributed by atoms with Crippen molar-refractivity contribution in [2.45, 2.75) is 25.7 Å². The van der Waals surface area contributed by atoms with Crippen molar-refractivity contribution in [3.05, 3.63) is 35.9 Å². The highest BCUT2D eigenvalue weighted by Gasteiger charge is 2.45. The summed E-state index contributed by atoms with van der Waals surface area (Å²) in [5.74, 6) is 0.0657. The van der Waals surface area contributed by atoms with E-state index in [-0.39, 0.29) is 11.4 Å². The van der Waals surface area contributed by atoms with Crippen LogP contribution in [0.1, 0.15) is 36.0 Å². The highest BCUT2D eigenvalue weighted by Crippen LogP contribution is 2.46. The second kappa shape index (κ2) is 4.78. The van der Waals surface area contributed by atoms with Crippen molar-refractivity contribution in [3.63, 3.8) is 0 Å². The van der Waals surface area contributed by atoms with Crippen molar-refractivity contribution >= 4 is 11.8 Å². The minimum absolute atomic E-state index is 0.215. The summed E-state index contributed by atoms with van der Waals surface area (Å²) < 4.78 is 0. The van der Waals surface area contributed by atoms with E-state index in [0.29, 0.717) is 24.2 Å². The molecule has 1 spiro atoms. The van der Waals surface area contributed by atoms with E-state index in [0.717, 1.165) is 25.9 Å². The SMILES string of the molecule is O=C1CC2(CCN(OC(=O)c3ccccc3)CC2)C1. The van der Waals surface area contributed by atoms with Crippen molar-refractivity contribution in [2.24, 2.45) is 5.41 Å². The first-order chi connectivity index (χ1) is 9.17. The zero-order valence-electron chi connectivity index (χ0n) is 10.8. The molecule has 1 aromatic rings. The van der Waals surface area contributed by atoms with Crippen LogP contribution in [-0.2, 0) is 9.63 Å². The predicted octanol–water partition coefficient (Wildman–Crippen LogP) is 2.20. The number of ketones is 1. The van der Waals surface area contributed by atoms with Crippen LogP contribution < -0.4 is 0 Å². The van der Waals surface area contributed by atoms with E-state index in [1.807, 2.05) is 18.2 Å². The lowest BCUT2D eigenvalue weighted by Gasteiger charge is -2.45. The number of carbonyl (C=O) groups is 2. The Balaban J connectivity index is 1.53. The largest absolute Gasteiger partial charge is 0.364 e. The van der Waals surface area contributed by atoms with Gasteiger partial charge in [-0.2, -0.15) is 0 Å². The fourth-order valence-electron chi connectivity index (χ4n) is 2.93. The maximum Gasteiger partial charge on any atom is 0.357 e. The second-order valence-corrected chi connectivity index (χ2v) is 5.57. The summed E-state index contributed by atoms with van der Waals surface area (Å²) >= 11 is 0. The maximum absolute atomic E-state index is 11.9. The van der Waals surface area contributed by atoms with Crippen molar-refractivity contribution < 1.29 is 14.4 Å². The van der Waals surface area contributed by atoms with Gasteiger partial charge in [0.15, 0.2) is 0 Å². The van der Waals surface area contributed by atoms with E-state index >= 15 is 0 Å². The third kappa shape index (κ3) is 2.54. The number of nitrogens with zero attached hydrogens (tertiary/aromatic N) is 1. The molecule has 19 heavy (non-hydrogen) atoms. The van der Waals surface area contributed by atoms with E-state index in [9.17, 15) is 9.59 Å². The Hall–Kier alpha value is -1.68. The average Bonchev–Trinajstić information content (AvgIpc) is 2.41. The number of rotatable bonds is 2. The van der Waals surface area contributed by atoms with Crippen LogP contribution in [0.2, 0.25) is 0 Å². The summed E-state index contributed by atoms with van der Waals surface area (Å²) in [6, 6.07) is 9.01. The van der Waals surface area contributed by atoms with Crippen LogP contribution in [0.5, 0.6) is 0 Å². The molecular formula is C15H17NO3. The number of piperidine rings is 1. The molecule has 1 aliphatic heterocycles. The van der Waals surface area contributed by atoms with Gasteiger partial charge in [0.05, 0.1) is 5.56 Å². The first-order valence-corrected chi connectivity index (χ1v) is 6.71. The van der Waals surface area contributed by atoms with Gasteiger partial charge in [-0.3, -0.25) is 4.79 Å². The lowest BCUT2D eigenvalue weighted by atomic mass is 9.63. The number of benzene rings is 1. The van der Waals surface area contributed by atoms with Crippen molar-refractivity contribution in [3.8, 4) is 0 Å². The Labute approximate surface area is 112 Å². The van der Waals surface area contributed by atoms with Gasteiger partial charge in [0.25, 0.3) is 0 Å². The van der Waals surface area contributed by atoms with Crippen LogP contribution in [0.4, 0.5) is 0 Å². The summed E-state index contributed by atoms with van der Waals surface area (Å²) in [6.07, 6.45) is 3.32.